The highest BCUT2D eigenvalue weighted by Gasteiger charge is 2.09. The summed E-state index contributed by atoms with van der Waals surface area (Å²) in [5, 5.41) is 1.88. The van der Waals surface area contributed by atoms with E-state index in [0.717, 1.165) is 11.2 Å². The molecule has 0 amide bonds. The van der Waals surface area contributed by atoms with Gasteiger partial charge in [-0.2, -0.15) is 0 Å². The Balaban J connectivity index is 0.000000194. The van der Waals surface area contributed by atoms with Gasteiger partial charge in [-0.3, -0.25) is 19.6 Å². The van der Waals surface area contributed by atoms with Crippen molar-refractivity contribution in [2.45, 2.75) is 0 Å². The Hall–Kier alpha value is -2.66. The quantitative estimate of drug-likeness (QED) is 0.550. The fraction of sp³-hybridized carbons (Fsp3) is 0. The van der Waals surface area contributed by atoms with Crippen LogP contribution in [0.25, 0.3) is 0 Å². The van der Waals surface area contributed by atoms with Gasteiger partial charge < -0.3 is 0 Å². The van der Waals surface area contributed by atoms with Crippen LogP contribution in [0.3, 0.4) is 0 Å². The molecule has 0 bridgehead atoms. The molecule has 5 heteroatoms. The number of carbonyl (C=O) groups excluding carboxylic acids is 2. The van der Waals surface area contributed by atoms with Gasteiger partial charge in [0.1, 0.15) is 11.4 Å². The van der Waals surface area contributed by atoms with Gasteiger partial charge in [0, 0.05) is 12.4 Å². The second kappa shape index (κ2) is 7.81. The van der Waals surface area contributed by atoms with E-state index in [4.69, 9.17) is 0 Å². The molecule has 21 heavy (non-hydrogen) atoms. The lowest BCUT2D eigenvalue weighted by Gasteiger charge is -1.97. The molecule has 3 rings (SSSR count). The topological polar surface area (TPSA) is 59.9 Å². The molecular weight excluding hydrogens is 284 g/mol. The fourth-order valence-electron chi connectivity index (χ4n) is 1.48. The summed E-state index contributed by atoms with van der Waals surface area (Å²) in [7, 11) is 0. The van der Waals surface area contributed by atoms with E-state index >= 15 is 0 Å². The van der Waals surface area contributed by atoms with E-state index in [0.29, 0.717) is 11.4 Å². The van der Waals surface area contributed by atoms with Crippen LogP contribution in [0.4, 0.5) is 0 Å². The molecule has 104 valence electrons. The summed E-state index contributed by atoms with van der Waals surface area (Å²) in [6, 6.07) is 14.1. The first kappa shape index (κ1) is 14.7. The highest BCUT2D eigenvalue weighted by molar-refractivity contribution is 7.11. The summed E-state index contributed by atoms with van der Waals surface area (Å²) in [6.45, 7) is 0. The van der Waals surface area contributed by atoms with Gasteiger partial charge in [-0.05, 0) is 35.7 Å². The fourth-order valence-corrected chi connectivity index (χ4v) is 2.01. The number of thiophene rings is 1. The third-order valence-electron chi connectivity index (χ3n) is 2.45. The largest absolute Gasteiger partial charge is 0.297 e. The molecule has 0 aliphatic heterocycles. The van der Waals surface area contributed by atoms with Crippen molar-refractivity contribution in [1.82, 2.24) is 9.97 Å². The van der Waals surface area contributed by atoms with E-state index < -0.39 is 0 Å². The Morgan fingerprint density at radius 3 is 1.86 bits per heavy atom. The molecule has 0 aliphatic rings. The van der Waals surface area contributed by atoms with Crippen LogP contribution >= 0.6 is 11.3 Å². The molecule has 0 radical (unpaired) electrons. The third-order valence-corrected chi connectivity index (χ3v) is 3.25. The number of nitrogens with zero attached hydrogens (tertiary/aromatic N) is 2. The highest BCUT2D eigenvalue weighted by atomic mass is 32.1. The zero-order valence-corrected chi connectivity index (χ0v) is 11.9. The molecule has 3 aromatic rings. The standard InChI is InChI=1S/C11H8N2O.C5H4OS/c14-11(9-5-1-3-7-12-9)10-6-2-4-8-13-10;6-4-5-2-1-3-7-5/h1-8H;1-4H. The van der Waals surface area contributed by atoms with Gasteiger partial charge in [0.2, 0.25) is 5.78 Å². The van der Waals surface area contributed by atoms with Crippen molar-refractivity contribution in [2.75, 3.05) is 0 Å². The van der Waals surface area contributed by atoms with Crippen LogP contribution in [0.1, 0.15) is 25.9 Å². The van der Waals surface area contributed by atoms with Gasteiger partial charge in [-0.1, -0.05) is 18.2 Å². The molecule has 0 unspecified atom stereocenters. The predicted molar refractivity (Wildman–Crippen MR) is 81.6 cm³/mol. The van der Waals surface area contributed by atoms with Crippen molar-refractivity contribution in [3.63, 3.8) is 0 Å². The van der Waals surface area contributed by atoms with E-state index in [1.807, 2.05) is 11.4 Å². The summed E-state index contributed by atoms with van der Waals surface area (Å²) in [5.74, 6) is -0.147. The van der Waals surface area contributed by atoms with Crippen LogP contribution in [0.2, 0.25) is 0 Å². The minimum absolute atomic E-state index is 0.147. The maximum atomic E-state index is 11.7. The van der Waals surface area contributed by atoms with E-state index in [2.05, 4.69) is 9.97 Å². The molecule has 0 N–H and O–H groups in total. The summed E-state index contributed by atoms with van der Waals surface area (Å²) in [5.41, 5.74) is 0.845. The second-order valence-corrected chi connectivity index (χ2v) is 4.87. The van der Waals surface area contributed by atoms with E-state index in [9.17, 15) is 9.59 Å². The first-order chi connectivity index (χ1) is 10.3. The number of rotatable bonds is 3. The zero-order valence-electron chi connectivity index (χ0n) is 11.0. The highest BCUT2D eigenvalue weighted by Crippen LogP contribution is 2.03. The molecule has 4 nitrogen and oxygen atoms in total. The summed E-state index contributed by atoms with van der Waals surface area (Å²) >= 11 is 1.45. The Bertz CT molecular complexity index is 641. The monoisotopic (exact) mass is 296 g/mol. The van der Waals surface area contributed by atoms with Crippen LogP contribution < -0.4 is 0 Å². The lowest BCUT2D eigenvalue weighted by molar-refractivity contribution is 0.102. The van der Waals surface area contributed by atoms with Crippen LogP contribution in [-0.4, -0.2) is 22.0 Å². The van der Waals surface area contributed by atoms with Crippen molar-refractivity contribution in [3.8, 4) is 0 Å². The van der Waals surface area contributed by atoms with Crippen molar-refractivity contribution in [3.05, 3.63) is 82.6 Å². The molecular formula is C16H12N2O2S. The molecule has 0 spiro atoms. The summed E-state index contributed by atoms with van der Waals surface area (Å²) in [4.78, 5) is 30.3. The zero-order chi connectivity index (χ0) is 14.9. The van der Waals surface area contributed by atoms with Crippen LogP contribution in [0, 0.1) is 0 Å². The van der Waals surface area contributed by atoms with Gasteiger partial charge in [0.15, 0.2) is 6.29 Å². The molecule has 0 fully saturated rings. The Labute approximate surface area is 126 Å². The Morgan fingerprint density at radius 2 is 1.52 bits per heavy atom. The number of aromatic nitrogens is 2. The maximum Gasteiger partial charge on any atom is 0.229 e. The SMILES string of the molecule is O=C(c1ccccn1)c1ccccn1.O=Cc1cccs1. The molecule has 0 saturated carbocycles. The van der Waals surface area contributed by atoms with E-state index in [-0.39, 0.29) is 5.78 Å². The van der Waals surface area contributed by atoms with Crippen LogP contribution in [0.5, 0.6) is 0 Å². The van der Waals surface area contributed by atoms with Crippen molar-refractivity contribution in [2.24, 2.45) is 0 Å². The Kier molecular flexibility index (Phi) is 5.49. The number of hydrogen-bond donors (Lipinski definition) is 0. The number of pyridine rings is 2. The van der Waals surface area contributed by atoms with E-state index in [1.165, 1.54) is 11.3 Å². The summed E-state index contributed by atoms with van der Waals surface area (Å²) in [6.07, 6.45) is 4.04. The number of ketones is 1. The van der Waals surface area contributed by atoms with Gasteiger partial charge in [0.05, 0.1) is 4.88 Å². The van der Waals surface area contributed by atoms with Gasteiger partial charge in [-0.25, -0.2) is 0 Å². The van der Waals surface area contributed by atoms with Crippen LogP contribution in [-0.2, 0) is 0 Å². The first-order valence-corrected chi connectivity index (χ1v) is 7.04. The normalized spacial score (nSPS) is 9.33. The average Bonchev–Trinajstić information content (AvgIpc) is 3.10. The molecule has 0 aromatic carbocycles. The number of aldehydes is 1. The van der Waals surface area contributed by atoms with Crippen molar-refractivity contribution >= 4 is 23.4 Å². The molecule has 0 saturated heterocycles. The molecule has 0 atom stereocenters. The second-order valence-electron chi connectivity index (χ2n) is 3.89. The predicted octanol–water partition coefficient (Wildman–Crippen LogP) is 3.27. The molecule has 3 heterocycles. The smallest absolute Gasteiger partial charge is 0.229 e. The maximum absolute atomic E-state index is 11.7. The van der Waals surface area contributed by atoms with E-state index in [1.54, 1.807) is 54.9 Å². The number of hydrogen-bond acceptors (Lipinski definition) is 5. The van der Waals surface area contributed by atoms with Gasteiger partial charge in [0.25, 0.3) is 0 Å². The summed E-state index contributed by atoms with van der Waals surface area (Å²) < 4.78 is 0. The minimum atomic E-state index is -0.147. The van der Waals surface area contributed by atoms with Crippen molar-refractivity contribution in [1.29, 1.82) is 0 Å². The number of carbonyl (C=O) groups is 2. The minimum Gasteiger partial charge on any atom is -0.297 e. The van der Waals surface area contributed by atoms with Crippen LogP contribution in [0.15, 0.2) is 66.3 Å². The lowest BCUT2D eigenvalue weighted by atomic mass is 10.2. The third kappa shape index (κ3) is 4.43. The first-order valence-electron chi connectivity index (χ1n) is 6.16. The lowest BCUT2D eigenvalue weighted by Crippen LogP contribution is -2.05. The average molecular weight is 296 g/mol. The van der Waals surface area contributed by atoms with Crippen molar-refractivity contribution < 1.29 is 9.59 Å². The molecule has 3 aromatic heterocycles. The van der Waals surface area contributed by atoms with Gasteiger partial charge in [-0.15, -0.1) is 11.3 Å². The Morgan fingerprint density at radius 1 is 0.905 bits per heavy atom. The molecule has 0 aliphatic carbocycles. The van der Waals surface area contributed by atoms with Gasteiger partial charge >= 0.3 is 0 Å².